The van der Waals surface area contributed by atoms with Crippen LogP contribution in [-0.4, -0.2) is 40.2 Å². The number of para-hydroxylation sites is 1. The fraction of sp³-hybridized carbons (Fsp3) is 0.238. The van der Waals surface area contributed by atoms with Crippen molar-refractivity contribution in [3.63, 3.8) is 0 Å². The molecule has 4 rings (SSSR count). The highest BCUT2D eigenvalue weighted by Gasteiger charge is 2.41. The molecule has 0 unspecified atom stereocenters. The summed E-state index contributed by atoms with van der Waals surface area (Å²) in [4.78, 5) is 17.5. The summed E-state index contributed by atoms with van der Waals surface area (Å²) in [6, 6.07) is 15.3. The molecule has 0 spiro atoms. The number of nitrogens with one attached hydrogen (secondary N) is 1. The zero-order valence-corrected chi connectivity index (χ0v) is 17.0. The summed E-state index contributed by atoms with van der Waals surface area (Å²) in [6.07, 6.45) is 1.73. The van der Waals surface area contributed by atoms with Crippen molar-refractivity contribution in [3.8, 4) is 11.3 Å². The van der Waals surface area contributed by atoms with Crippen LogP contribution < -0.4 is 5.32 Å². The summed E-state index contributed by atoms with van der Waals surface area (Å²) < 4.78 is 11.4. The quantitative estimate of drug-likeness (QED) is 0.347. The summed E-state index contributed by atoms with van der Waals surface area (Å²) in [5, 5.41) is 15.3. The monoisotopic (exact) mass is 424 g/mol. The topological polar surface area (TPSA) is 93.7 Å². The normalized spacial score (nSPS) is 18.4. The molecule has 1 aromatic carbocycles. The first-order valence-electron chi connectivity index (χ1n) is 9.40. The first-order valence-corrected chi connectivity index (χ1v) is 9.81. The van der Waals surface area contributed by atoms with E-state index in [1.54, 1.807) is 37.6 Å². The van der Waals surface area contributed by atoms with Crippen molar-refractivity contribution in [1.82, 2.24) is 15.2 Å². The van der Waals surface area contributed by atoms with Crippen molar-refractivity contribution in [2.24, 2.45) is 0 Å². The lowest BCUT2D eigenvalue weighted by atomic mass is 10.0. The maximum Gasteiger partial charge on any atom is 0.280 e. The average Bonchev–Trinajstić information content (AvgIpc) is 3.37. The predicted molar refractivity (Wildman–Crippen MR) is 115 cm³/mol. The summed E-state index contributed by atoms with van der Waals surface area (Å²) in [5.74, 6) is 1.07. The van der Waals surface area contributed by atoms with Gasteiger partial charge in [0.2, 0.25) is 0 Å². The van der Waals surface area contributed by atoms with Crippen LogP contribution in [0.3, 0.4) is 0 Å². The van der Waals surface area contributed by atoms with E-state index in [0.29, 0.717) is 35.3 Å². The number of methoxy groups -OCH3 is 1. The van der Waals surface area contributed by atoms with E-state index in [0.717, 1.165) is 5.69 Å². The second kappa shape index (κ2) is 8.60. The molecule has 0 aliphatic carbocycles. The van der Waals surface area contributed by atoms with E-state index < -0.39 is 4.92 Å². The summed E-state index contributed by atoms with van der Waals surface area (Å²) in [6.45, 7) is 1.06. The van der Waals surface area contributed by atoms with Crippen LogP contribution in [0.1, 0.15) is 23.5 Å². The Kier molecular flexibility index (Phi) is 5.73. The number of nitro benzene ring substituents is 1. The second-order valence-electron chi connectivity index (χ2n) is 6.79. The maximum atomic E-state index is 11.4. The van der Waals surface area contributed by atoms with Gasteiger partial charge in [-0.15, -0.1) is 0 Å². The number of pyridine rings is 1. The van der Waals surface area contributed by atoms with Gasteiger partial charge in [0.05, 0.1) is 28.8 Å². The SMILES string of the molecule is COCCN1C(=S)N[C@@H](c2ccccn2)[C@@H]1c1ccc(-c2ccccc2[N+](=O)[O-])o1. The number of nitrogens with zero attached hydrogens (tertiary/aromatic N) is 3. The Morgan fingerprint density at radius 1 is 1.23 bits per heavy atom. The molecule has 2 aromatic heterocycles. The van der Waals surface area contributed by atoms with E-state index >= 15 is 0 Å². The molecule has 9 heteroatoms. The summed E-state index contributed by atoms with van der Waals surface area (Å²) in [7, 11) is 1.64. The van der Waals surface area contributed by atoms with Gasteiger partial charge in [-0.1, -0.05) is 18.2 Å². The molecular formula is C21H20N4O4S. The number of thiocarbonyl (C=S) groups is 1. The van der Waals surface area contributed by atoms with Crippen molar-refractivity contribution in [2.45, 2.75) is 12.1 Å². The lowest BCUT2D eigenvalue weighted by molar-refractivity contribution is -0.384. The van der Waals surface area contributed by atoms with Gasteiger partial charge in [-0.05, 0) is 42.5 Å². The third-order valence-electron chi connectivity index (χ3n) is 5.02. The lowest BCUT2D eigenvalue weighted by Gasteiger charge is -2.25. The van der Waals surface area contributed by atoms with Crippen LogP contribution in [0.4, 0.5) is 5.69 Å². The number of rotatable bonds is 7. The molecule has 3 aromatic rings. The van der Waals surface area contributed by atoms with Crippen LogP contribution in [0.25, 0.3) is 11.3 Å². The predicted octanol–water partition coefficient (Wildman–Crippen LogP) is 3.87. The molecule has 154 valence electrons. The van der Waals surface area contributed by atoms with Crippen LogP contribution in [0.15, 0.2) is 65.2 Å². The summed E-state index contributed by atoms with van der Waals surface area (Å²) >= 11 is 5.56. The molecule has 1 saturated heterocycles. The molecule has 1 aliphatic rings. The van der Waals surface area contributed by atoms with E-state index in [4.69, 9.17) is 21.4 Å². The largest absolute Gasteiger partial charge is 0.459 e. The zero-order valence-electron chi connectivity index (χ0n) is 16.2. The number of hydrogen-bond donors (Lipinski definition) is 1. The standard InChI is InChI=1S/C21H20N4O4S/c1-28-13-12-24-20(19(23-21(24)30)15-7-4-5-11-22-15)18-10-9-17(29-18)14-6-2-3-8-16(14)25(26)27/h2-11,19-20H,12-13H2,1H3,(H,23,30)/t19-,20-/m0/s1. The van der Waals surface area contributed by atoms with Gasteiger partial charge in [0, 0.05) is 25.9 Å². The van der Waals surface area contributed by atoms with Gasteiger partial charge in [-0.2, -0.15) is 0 Å². The zero-order chi connectivity index (χ0) is 21.1. The minimum Gasteiger partial charge on any atom is -0.459 e. The average molecular weight is 424 g/mol. The Labute approximate surface area is 178 Å². The Morgan fingerprint density at radius 3 is 2.77 bits per heavy atom. The molecule has 8 nitrogen and oxygen atoms in total. The Balaban J connectivity index is 1.74. The fourth-order valence-corrected chi connectivity index (χ4v) is 3.97. The number of ether oxygens (including phenoxy) is 1. The molecule has 2 atom stereocenters. The number of aromatic nitrogens is 1. The maximum absolute atomic E-state index is 11.4. The lowest BCUT2D eigenvalue weighted by Crippen LogP contribution is -2.32. The number of hydrogen-bond acceptors (Lipinski definition) is 6. The van der Waals surface area contributed by atoms with Crippen LogP contribution >= 0.6 is 12.2 Å². The molecule has 1 N–H and O–H groups in total. The molecule has 0 bridgehead atoms. The molecule has 3 heterocycles. The van der Waals surface area contributed by atoms with E-state index in [1.807, 2.05) is 29.2 Å². The molecule has 0 radical (unpaired) electrons. The highest BCUT2D eigenvalue weighted by atomic mass is 32.1. The number of furan rings is 1. The second-order valence-corrected chi connectivity index (χ2v) is 7.18. The highest BCUT2D eigenvalue weighted by Crippen LogP contribution is 2.41. The third-order valence-corrected chi connectivity index (χ3v) is 5.37. The highest BCUT2D eigenvalue weighted by molar-refractivity contribution is 7.80. The van der Waals surface area contributed by atoms with Gasteiger partial charge < -0.3 is 19.4 Å². The van der Waals surface area contributed by atoms with Crippen LogP contribution in [0.2, 0.25) is 0 Å². The van der Waals surface area contributed by atoms with Crippen molar-refractivity contribution >= 4 is 23.0 Å². The molecule has 1 fully saturated rings. The minimum atomic E-state index is -0.411. The Morgan fingerprint density at radius 2 is 2.03 bits per heavy atom. The van der Waals surface area contributed by atoms with E-state index in [1.165, 1.54) is 6.07 Å². The van der Waals surface area contributed by atoms with Crippen molar-refractivity contribution in [3.05, 3.63) is 82.4 Å². The molecule has 0 amide bonds. The number of nitro groups is 1. The van der Waals surface area contributed by atoms with Crippen molar-refractivity contribution in [2.75, 3.05) is 20.3 Å². The first-order chi connectivity index (χ1) is 14.6. The minimum absolute atomic E-state index is 0.00372. The van der Waals surface area contributed by atoms with Crippen LogP contribution in [0, 0.1) is 10.1 Å². The van der Waals surface area contributed by atoms with Gasteiger partial charge in [-0.3, -0.25) is 15.1 Å². The van der Waals surface area contributed by atoms with Gasteiger partial charge in [0.25, 0.3) is 5.69 Å². The smallest absolute Gasteiger partial charge is 0.280 e. The van der Waals surface area contributed by atoms with Crippen LogP contribution in [-0.2, 0) is 4.74 Å². The van der Waals surface area contributed by atoms with Crippen molar-refractivity contribution < 1.29 is 14.1 Å². The van der Waals surface area contributed by atoms with Gasteiger partial charge in [0.1, 0.15) is 17.6 Å². The fourth-order valence-electron chi connectivity index (χ4n) is 3.64. The molecule has 1 aliphatic heterocycles. The van der Waals surface area contributed by atoms with Gasteiger partial charge in [0.15, 0.2) is 5.11 Å². The van der Waals surface area contributed by atoms with Crippen molar-refractivity contribution in [1.29, 1.82) is 0 Å². The first kappa shape index (κ1) is 20.0. The van der Waals surface area contributed by atoms with E-state index in [9.17, 15) is 10.1 Å². The molecule has 0 saturated carbocycles. The van der Waals surface area contributed by atoms with Crippen LogP contribution in [0.5, 0.6) is 0 Å². The number of benzene rings is 1. The summed E-state index contributed by atoms with van der Waals surface area (Å²) in [5.41, 5.74) is 1.25. The Bertz CT molecular complexity index is 1060. The molecular weight excluding hydrogens is 404 g/mol. The molecule has 30 heavy (non-hydrogen) atoms. The van der Waals surface area contributed by atoms with E-state index in [-0.39, 0.29) is 17.8 Å². The Hall–Kier alpha value is -3.30. The third kappa shape index (κ3) is 3.77. The van der Waals surface area contributed by atoms with E-state index in [2.05, 4.69) is 10.3 Å². The van der Waals surface area contributed by atoms with Gasteiger partial charge in [-0.25, -0.2) is 0 Å². The van der Waals surface area contributed by atoms with Gasteiger partial charge >= 0.3 is 0 Å².